The zero-order valence-corrected chi connectivity index (χ0v) is 14.5. The molecule has 1 N–H and O–H groups in total. The highest BCUT2D eigenvalue weighted by molar-refractivity contribution is 8.00. The standard InChI is InChI=1S/C15H12F5NO3S2/c16-14(17)24-13-4-2-1-3-10(13)9-21-26(22,23)12-7-5-11(6-8-12)25-15(18,19)20/h1-8,14,21H,9H2. The van der Waals surface area contributed by atoms with Gasteiger partial charge in [0.2, 0.25) is 10.0 Å². The fraction of sp³-hybridized carbons (Fsp3) is 0.200. The SMILES string of the molecule is O=S(=O)(NCc1ccccc1OC(F)F)c1ccc(SC(F)(F)F)cc1. The van der Waals surface area contributed by atoms with Crippen LogP contribution in [0.1, 0.15) is 5.56 Å². The number of nitrogens with one attached hydrogen (secondary N) is 1. The van der Waals surface area contributed by atoms with Crippen LogP contribution in [0.25, 0.3) is 0 Å². The molecule has 26 heavy (non-hydrogen) atoms. The van der Waals surface area contributed by atoms with Gasteiger partial charge in [-0.05, 0) is 42.1 Å². The molecule has 0 atom stereocenters. The van der Waals surface area contributed by atoms with E-state index in [1.54, 1.807) is 0 Å². The second-order valence-electron chi connectivity index (χ2n) is 4.83. The molecule has 0 aromatic heterocycles. The quantitative estimate of drug-likeness (QED) is 0.541. The summed E-state index contributed by atoms with van der Waals surface area (Å²) in [5.74, 6) is -0.179. The predicted molar refractivity (Wildman–Crippen MR) is 85.5 cm³/mol. The third-order valence-corrected chi connectivity index (χ3v) is 5.17. The Balaban J connectivity index is 2.10. The number of halogens is 5. The van der Waals surface area contributed by atoms with Crippen molar-refractivity contribution in [1.29, 1.82) is 0 Å². The van der Waals surface area contributed by atoms with Crippen molar-refractivity contribution in [1.82, 2.24) is 4.72 Å². The van der Waals surface area contributed by atoms with E-state index in [1.807, 2.05) is 0 Å². The van der Waals surface area contributed by atoms with Gasteiger partial charge in [-0.2, -0.15) is 22.0 Å². The Kier molecular flexibility index (Phi) is 6.48. The molecule has 0 aliphatic heterocycles. The smallest absolute Gasteiger partial charge is 0.434 e. The molecular formula is C15H12F5NO3S2. The molecule has 0 bridgehead atoms. The van der Waals surface area contributed by atoms with Crippen LogP contribution in [0, 0.1) is 0 Å². The second-order valence-corrected chi connectivity index (χ2v) is 7.74. The normalized spacial score (nSPS) is 12.4. The van der Waals surface area contributed by atoms with Crippen LogP contribution >= 0.6 is 11.8 Å². The summed E-state index contributed by atoms with van der Waals surface area (Å²) >= 11 is -0.365. The number of hydrogen-bond acceptors (Lipinski definition) is 4. The van der Waals surface area contributed by atoms with Crippen LogP contribution in [0.15, 0.2) is 58.3 Å². The molecule has 0 aliphatic carbocycles. The Bertz CT molecular complexity index is 839. The molecule has 2 aromatic carbocycles. The van der Waals surface area contributed by atoms with Gasteiger partial charge < -0.3 is 4.74 Å². The Morgan fingerprint density at radius 2 is 1.65 bits per heavy atom. The van der Waals surface area contributed by atoms with Gasteiger partial charge in [-0.15, -0.1) is 0 Å². The lowest BCUT2D eigenvalue weighted by Gasteiger charge is -2.12. The van der Waals surface area contributed by atoms with Crippen LogP contribution in [-0.4, -0.2) is 20.5 Å². The largest absolute Gasteiger partial charge is 0.446 e. The van der Waals surface area contributed by atoms with E-state index in [0.717, 1.165) is 24.3 Å². The third-order valence-electron chi connectivity index (χ3n) is 3.01. The predicted octanol–water partition coefficient (Wildman–Crippen LogP) is 4.38. The monoisotopic (exact) mass is 413 g/mol. The lowest BCUT2D eigenvalue weighted by molar-refractivity contribution is -0.0504. The van der Waals surface area contributed by atoms with Gasteiger partial charge in [0, 0.05) is 17.0 Å². The lowest BCUT2D eigenvalue weighted by atomic mass is 10.2. The molecular weight excluding hydrogens is 401 g/mol. The van der Waals surface area contributed by atoms with Crippen molar-refractivity contribution in [2.45, 2.75) is 28.5 Å². The van der Waals surface area contributed by atoms with E-state index in [1.165, 1.54) is 24.3 Å². The molecule has 0 amide bonds. The number of benzene rings is 2. The maximum Gasteiger partial charge on any atom is 0.446 e. The molecule has 0 unspecified atom stereocenters. The van der Waals surface area contributed by atoms with Crippen molar-refractivity contribution in [3.05, 3.63) is 54.1 Å². The first-order valence-electron chi connectivity index (χ1n) is 6.95. The third kappa shape index (κ3) is 6.15. The zero-order valence-electron chi connectivity index (χ0n) is 12.8. The molecule has 2 rings (SSSR count). The zero-order chi connectivity index (χ0) is 19.4. The summed E-state index contributed by atoms with van der Waals surface area (Å²) in [6.07, 6.45) is 0. The number of thioether (sulfide) groups is 1. The average molecular weight is 413 g/mol. The van der Waals surface area contributed by atoms with Crippen LogP contribution in [0.3, 0.4) is 0 Å². The van der Waals surface area contributed by atoms with Crippen molar-refractivity contribution in [3.63, 3.8) is 0 Å². The minimum absolute atomic E-state index is 0.160. The lowest BCUT2D eigenvalue weighted by Crippen LogP contribution is -2.23. The highest BCUT2D eigenvalue weighted by atomic mass is 32.2. The van der Waals surface area contributed by atoms with Gasteiger partial charge in [-0.1, -0.05) is 18.2 Å². The van der Waals surface area contributed by atoms with Gasteiger partial charge in [0.15, 0.2) is 0 Å². The summed E-state index contributed by atoms with van der Waals surface area (Å²) < 4.78 is 92.4. The Hall–Kier alpha value is -1.85. The molecule has 4 nitrogen and oxygen atoms in total. The topological polar surface area (TPSA) is 55.4 Å². The molecule has 0 saturated carbocycles. The molecule has 0 radical (unpaired) electrons. The van der Waals surface area contributed by atoms with Crippen LogP contribution in [0.4, 0.5) is 22.0 Å². The molecule has 0 aliphatic rings. The molecule has 0 heterocycles. The van der Waals surface area contributed by atoms with Crippen LogP contribution < -0.4 is 9.46 Å². The maximum atomic E-state index is 12.4. The van der Waals surface area contributed by atoms with E-state index < -0.39 is 22.1 Å². The molecule has 142 valence electrons. The average Bonchev–Trinajstić information content (AvgIpc) is 2.52. The van der Waals surface area contributed by atoms with E-state index >= 15 is 0 Å². The highest BCUT2D eigenvalue weighted by Gasteiger charge is 2.29. The summed E-state index contributed by atoms with van der Waals surface area (Å²) in [5.41, 5.74) is -4.30. The number of rotatable bonds is 7. The van der Waals surface area contributed by atoms with Gasteiger partial charge >= 0.3 is 12.1 Å². The van der Waals surface area contributed by atoms with Crippen molar-refractivity contribution in [2.75, 3.05) is 0 Å². The first kappa shape index (κ1) is 20.5. The number of para-hydroxylation sites is 1. The molecule has 2 aromatic rings. The van der Waals surface area contributed by atoms with Gasteiger partial charge in [0.05, 0.1) is 4.90 Å². The van der Waals surface area contributed by atoms with Crippen LogP contribution in [-0.2, 0) is 16.6 Å². The molecule has 11 heteroatoms. The van der Waals surface area contributed by atoms with Gasteiger partial charge in [0.25, 0.3) is 0 Å². The maximum absolute atomic E-state index is 12.4. The summed E-state index contributed by atoms with van der Waals surface area (Å²) in [4.78, 5) is -0.414. The summed E-state index contributed by atoms with van der Waals surface area (Å²) in [5, 5.41) is 0. The minimum atomic E-state index is -4.48. The fourth-order valence-corrected chi connectivity index (χ4v) is 3.48. The highest BCUT2D eigenvalue weighted by Crippen LogP contribution is 2.36. The number of hydrogen-bond donors (Lipinski definition) is 1. The summed E-state index contributed by atoms with van der Waals surface area (Å²) in [6, 6.07) is 9.75. The summed E-state index contributed by atoms with van der Waals surface area (Å²) in [6.45, 7) is -3.39. The van der Waals surface area contributed by atoms with Crippen LogP contribution in [0.5, 0.6) is 5.75 Å². The van der Waals surface area contributed by atoms with Gasteiger partial charge in [-0.3, -0.25) is 0 Å². The Morgan fingerprint density at radius 3 is 2.23 bits per heavy atom. The van der Waals surface area contributed by atoms with E-state index in [0.29, 0.717) is 0 Å². The molecule has 0 fully saturated rings. The van der Waals surface area contributed by atoms with Crippen molar-refractivity contribution >= 4 is 21.8 Å². The van der Waals surface area contributed by atoms with Crippen molar-refractivity contribution in [2.24, 2.45) is 0 Å². The van der Waals surface area contributed by atoms with Gasteiger partial charge in [0.1, 0.15) is 5.75 Å². The first-order valence-corrected chi connectivity index (χ1v) is 9.25. The van der Waals surface area contributed by atoms with Gasteiger partial charge in [-0.25, -0.2) is 13.1 Å². The Labute approximate surface area is 150 Å². The van der Waals surface area contributed by atoms with Crippen molar-refractivity contribution < 1.29 is 35.1 Å². The Morgan fingerprint density at radius 1 is 1.04 bits per heavy atom. The van der Waals surface area contributed by atoms with E-state index in [4.69, 9.17) is 0 Å². The van der Waals surface area contributed by atoms with E-state index in [2.05, 4.69) is 9.46 Å². The van der Waals surface area contributed by atoms with Crippen LogP contribution in [0.2, 0.25) is 0 Å². The molecule has 0 saturated heterocycles. The van der Waals surface area contributed by atoms with E-state index in [-0.39, 0.29) is 39.4 Å². The minimum Gasteiger partial charge on any atom is -0.434 e. The molecule has 0 spiro atoms. The number of sulfonamides is 1. The second kappa shape index (κ2) is 8.23. The van der Waals surface area contributed by atoms with Crippen molar-refractivity contribution in [3.8, 4) is 5.75 Å². The fourth-order valence-electron chi connectivity index (χ4n) is 1.94. The number of alkyl halides is 5. The summed E-state index contributed by atoms with van der Waals surface area (Å²) in [7, 11) is -4.05. The number of ether oxygens (including phenoxy) is 1. The first-order chi connectivity index (χ1) is 12.1. The van der Waals surface area contributed by atoms with E-state index in [9.17, 15) is 30.4 Å².